The van der Waals surface area contributed by atoms with E-state index >= 15 is 0 Å². The van der Waals surface area contributed by atoms with Crippen molar-refractivity contribution in [3.63, 3.8) is 0 Å². The van der Waals surface area contributed by atoms with Gasteiger partial charge in [0.25, 0.3) is 5.91 Å². The van der Waals surface area contributed by atoms with Gasteiger partial charge in [-0.05, 0) is 42.3 Å². The van der Waals surface area contributed by atoms with Crippen LogP contribution in [0.3, 0.4) is 0 Å². The van der Waals surface area contributed by atoms with Crippen LogP contribution in [0.15, 0.2) is 52.9 Å². The number of nitrogens with one attached hydrogen (secondary N) is 1. The molecule has 26 heavy (non-hydrogen) atoms. The summed E-state index contributed by atoms with van der Waals surface area (Å²) in [5.74, 6) is 0.787. The molecule has 2 aromatic carbocycles. The summed E-state index contributed by atoms with van der Waals surface area (Å²) in [6.07, 6.45) is 1.43. The number of carbonyl (C=O) groups excluding carboxylic acids is 2. The lowest BCUT2D eigenvalue weighted by Crippen LogP contribution is -2.26. The lowest BCUT2D eigenvalue weighted by atomic mass is 10.1. The fourth-order valence-corrected chi connectivity index (χ4v) is 3.43. The van der Waals surface area contributed by atoms with Crippen LogP contribution in [-0.2, 0) is 17.6 Å². The Balaban J connectivity index is 1.38. The minimum absolute atomic E-state index is 0.0341. The number of furan rings is 1. The van der Waals surface area contributed by atoms with Gasteiger partial charge in [0.1, 0.15) is 11.3 Å². The van der Waals surface area contributed by atoms with Crippen LogP contribution in [-0.4, -0.2) is 24.9 Å². The third-order valence-corrected chi connectivity index (χ3v) is 4.75. The summed E-state index contributed by atoms with van der Waals surface area (Å²) in [5.41, 5.74) is 3.45. The molecule has 0 aliphatic carbocycles. The molecule has 1 aliphatic rings. The molecule has 0 unspecified atom stereocenters. The molecular weight excluding hydrogens is 328 g/mol. The minimum atomic E-state index is -0.106. The first kappa shape index (κ1) is 16.4. The molecule has 0 spiro atoms. The van der Waals surface area contributed by atoms with E-state index in [4.69, 9.17) is 4.42 Å². The minimum Gasteiger partial charge on any atom is -0.461 e. The van der Waals surface area contributed by atoms with E-state index in [0.717, 1.165) is 34.4 Å². The van der Waals surface area contributed by atoms with Crippen molar-refractivity contribution in [1.29, 1.82) is 0 Å². The molecule has 4 rings (SSSR count). The number of hydrogen-bond acceptors (Lipinski definition) is 3. The first-order valence-electron chi connectivity index (χ1n) is 8.78. The van der Waals surface area contributed by atoms with Gasteiger partial charge in [-0.15, -0.1) is 0 Å². The Morgan fingerprint density at radius 1 is 1.15 bits per heavy atom. The Labute approximate surface area is 151 Å². The lowest BCUT2D eigenvalue weighted by molar-refractivity contribution is -0.116. The second-order valence-corrected chi connectivity index (χ2v) is 6.52. The fourth-order valence-electron chi connectivity index (χ4n) is 3.43. The van der Waals surface area contributed by atoms with Crippen LogP contribution in [0, 0.1) is 0 Å². The SMILES string of the molecule is CC(=O)N1CCc2cc(C(=O)NCCc3cc4ccccc4o3)ccc21. The maximum Gasteiger partial charge on any atom is 0.251 e. The molecule has 0 saturated carbocycles. The summed E-state index contributed by atoms with van der Waals surface area (Å²) < 4.78 is 5.76. The average Bonchev–Trinajstić information content (AvgIpc) is 3.24. The van der Waals surface area contributed by atoms with Crippen molar-refractivity contribution in [1.82, 2.24) is 5.32 Å². The van der Waals surface area contributed by atoms with Crippen molar-refractivity contribution in [3.8, 4) is 0 Å². The standard InChI is InChI=1S/C21H20N2O3/c1-14(24)23-11-9-15-12-17(6-7-19(15)23)21(25)22-10-8-18-13-16-4-2-3-5-20(16)26-18/h2-7,12-13H,8-11H2,1H3,(H,22,25). The largest absolute Gasteiger partial charge is 0.461 e. The van der Waals surface area contributed by atoms with E-state index in [9.17, 15) is 9.59 Å². The summed E-state index contributed by atoms with van der Waals surface area (Å²) in [4.78, 5) is 25.8. The molecule has 5 nitrogen and oxygen atoms in total. The van der Waals surface area contributed by atoms with Crippen molar-refractivity contribution < 1.29 is 14.0 Å². The molecule has 1 N–H and O–H groups in total. The van der Waals surface area contributed by atoms with Crippen molar-refractivity contribution in [2.45, 2.75) is 19.8 Å². The zero-order chi connectivity index (χ0) is 18.1. The van der Waals surface area contributed by atoms with E-state index in [2.05, 4.69) is 5.32 Å². The maximum atomic E-state index is 12.4. The second-order valence-electron chi connectivity index (χ2n) is 6.52. The number of hydrogen-bond donors (Lipinski definition) is 1. The maximum absolute atomic E-state index is 12.4. The van der Waals surface area contributed by atoms with E-state index in [1.165, 1.54) is 0 Å². The Morgan fingerprint density at radius 2 is 2.00 bits per heavy atom. The molecule has 2 amide bonds. The highest BCUT2D eigenvalue weighted by Crippen LogP contribution is 2.28. The van der Waals surface area contributed by atoms with Gasteiger partial charge in [0, 0.05) is 43.1 Å². The topological polar surface area (TPSA) is 62.6 Å². The first-order chi connectivity index (χ1) is 12.6. The number of benzene rings is 2. The van der Waals surface area contributed by atoms with Crippen LogP contribution in [0.2, 0.25) is 0 Å². The van der Waals surface area contributed by atoms with E-state index in [-0.39, 0.29) is 11.8 Å². The van der Waals surface area contributed by atoms with Crippen molar-refractivity contribution >= 4 is 28.5 Å². The lowest BCUT2D eigenvalue weighted by Gasteiger charge is -2.14. The Kier molecular flexibility index (Phi) is 4.21. The normalized spacial score (nSPS) is 13.0. The molecule has 2 heterocycles. The third kappa shape index (κ3) is 3.08. The zero-order valence-corrected chi connectivity index (χ0v) is 14.6. The van der Waals surface area contributed by atoms with Crippen LogP contribution >= 0.6 is 0 Å². The van der Waals surface area contributed by atoms with Gasteiger partial charge in [-0.25, -0.2) is 0 Å². The average molecular weight is 348 g/mol. The third-order valence-electron chi connectivity index (χ3n) is 4.75. The van der Waals surface area contributed by atoms with Gasteiger partial charge in [0.15, 0.2) is 0 Å². The van der Waals surface area contributed by atoms with Gasteiger partial charge in [-0.2, -0.15) is 0 Å². The van der Waals surface area contributed by atoms with Crippen LogP contribution in [0.5, 0.6) is 0 Å². The number of fused-ring (bicyclic) bond motifs is 2. The second kappa shape index (κ2) is 6.67. The zero-order valence-electron chi connectivity index (χ0n) is 14.6. The number of rotatable bonds is 4. The summed E-state index contributed by atoms with van der Waals surface area (Å²) >= 11 is 0. The van der Waals surface area contributed by atoms with Gasteiger partial charge in [0.05, 0.1) is 0 Å². The van der Waals surface area contributed by atoms with Crippen molar-refractivity contribution in [2.75, 3.05) is 18.0 Å². The van der Waals surface area contributed by atoms with E-state index in [0.29, 0.717) is 25.1 Å². The van der Waals surface area contributed by atoms with Crippen LogP contribution in [0.25, 0.3) is 11.0 Å². The Morgan fingerprint density at radius 3 is 2.81 bits per heavy atom. The Bertz CT molecular complexity index is 957. The summed E-state index contributed by atoms with van der Waals surface area (Å²) in [6, 6.07) is 15.4. The number of anilines is 1. The van der Waals surface area contributed by atoms with Gasteiger partial charge >= 0.3 is 0 Å². The summed E-state index contributed by atoms with van der Waals surface area (Å²) in [7, 11) is 0. The Hall–Kier alpha value is -3.08. The number of carbonyl (C=O) groups is 2. The fraction of sp³-hybridized carbons (Fsp3) is 0.238. The molecule has 3 aromatic rings. The highest BCUT2D eigenvalue weighted by molar-refractivity contribution is 5.97. The number of amides is 2. The van der Waals surface area contributed by atoms with Gasteiger partial charge in [-0.3, -0.25) is 9.59 Å². The molecule has 0 atom stereocenters. The molecule has 0 radical (unpaired) electrons. The van der Waals surface area contributed by atoms with Crippen LogP contribution in [0.4, 0.5) is 5.69 Å². The molecule has 1 aromatic heterocycles. The highest BCUT2D eigenvalue weighted by atomic mass is 16.3. The van der Waals surface area contributed by atoms with Gasteiger partial charge < -0.3 is 14.6 Å². The molecule has 132 valence electrons. The van der Waals surface area contributed by atoms with Crippen molar-refractivity contribution in [3.05, 3.63) is 65.4 Å². The molecule has 0 fully saturated rings. The molecular formula is C21H20N2O3. The predicted octanol–water partition coefficient (Wildman–Crippen LogP) is 3.31. The quantitative estimate of drug-likeness (QED) is 0.787. The molecule has 0 bridgehead atoms. The van der Waals surface area contributed by atoms with Crippen LogP contribution < -0.4 is 10.2 Å². The van der Waals surface area contributed by atoms with E-state index in [1.54, 1.807) is 17.9 Å². The summed E-state index contributed by atoms with van der Waals surface area (Å²) in [6.45, 7) is 2.75. The predicted molar refractivity (Wildman–Crippen MR) is 100 cm³/mol. The van der Waals surface area contributed by atoms with Gasteiger partial charge in [-0.1, -0.05) is 18.2 Å². The smallest absolute Gasteiger partial charge is 0.251 e. The molecule has 1 aliphatic heterocycles. The monoisotopic (exact) mass is 348 g/mol. The van der Waals surface area contributed by atoms with E-state index < -0.39 is 0 Å². The van der Waals surface area contributed by atoms with E-state index in [1.807, 2.05) is 42.5 Å². The van der Waals surface area contributed by atoms with Crippen LogP contribution in [0.1, 0.15) is 28.6 Å². The number of nitrogens with zero attached hydrogens (tertiary/aromatic N) is 1. The molecule has 5 heteroatoms. The van der Waals surface area contributed by atoms with Gasteiger partial charge in [0.2, 0.25) is 5.91 Å². The molecule has 0 saturated heterocycles. The summed E-state index contributed by atoms with van der Waals surface area (Å²) in [5, 5.41) is 4.01. The number of para-hydroxylation sites is 1. The highest BCUT2D eigenvalue weighted by Gasteiger charge is 2.23. The van der Waals surface area contributed by atoms with Crippen molar-refractivity contribution in [2.24, 2.45) is 0 Å². The first-order valence-corrected chi connectivity index (χ1v) is 8.78.